The first-order chi connectivity index (χ1) is 16.7. The first kappa shape index (κ1) is 23.5. The zero-order chi connectivity index (χ0) is 24.7. The van der Waals surface area contributed by atoms with Crippen LogP contribution in [0.2, 0.25) is 0 Å². The van der Waals surface area contributed by atoms with Crippen LogP contribution in [0.15, 0.2) is 43.0 Å². The summed E-state index contributed by atoms with van der Waals surface area (Å²) in [7, 11) is -1.49. The van der Waals surface area contributed by atoms with E-state index in [4.69, 9.17) is 14.8 Å². The maximum Gasteiger partial charge on any atom is 0.211 e. The molecule has 1 saturated heterocycles. The Kier molecular flexibility index (Phi) is 6.10. The summed E-state index contributed by atoms with van der Waals surface area (Å²) in [4.78, 5) is 9.20. The molecule has 9 nitrogen and oxygen atoms in total. The van der Waals surface area contributed by atoms with Crippen molar-refractivity contribution in [2.24, 2.45) is 0 Å². The largest absolute Gasteiger partial charge is 0.495 e. The Morgan fingerprint density at radius 3 is 2.54 bits per heavy atom. The molecule has 0 spiro atoms. The number of benzene rings is 1. The van der Waals surface area contributed by atoms with Crippen molar-refractivity contribution in [2.75, 3.05) is 26.5 Å². The monoisotopic (exact) mass is 494 g/mol. The van der Waals surface area contributed by atoms with Crippen molar-refractivity contribution in [3.8, 4) is 11.4 Å². The SMILES string of the molecule is COc1cc(Cc2nc3c(C4CCN(S(C)(=O)=O)CC4)cc(C)cn3n2)ccc1-n1cnc(C)c1. The number of hydrogen-bond acceptors (Lipinski definition) is 6. The minimum Gasteiger partial charge on any atom is -0.495 e. The van der Waals surface area contributed by atoms with Gasteiger partial charge in [-0.15, -0.1) is 0 Å². The number of rotatable bonds is 6. The van der Waals surface area contributed by atoms with Gasteiger partial charge in [0.2, 0.25) is 10.0 Å². The molecule has 1 aliphatic rings. The Bertz CT molecular complexity index is 1480. The van der Waals surface area contributed by atoms with Gasteiger partial charge in [-0.3, -0.25) is 0 Å². The number of imidazole rings is 1. The third-order valence-corrected chi connectivity index (χ3v) is 7.90. The van der Waals surface area contributed by atoms with E-state index >= 15 is 0 Å². The van der Waals surface area contributed by atoms with E-state index in [0.29, 0.717) is 19.5 Å². The number of piperidine rings is 1. The second kappa shape index (κ2) is 9.09. The third-order valence-electron chi connectivity index (χ3n) is 6.60. The number of sulfonamides is 1. The van der Waals surface area contributed by atoms with Crippen LogP contribution in [0.25, 0.3) is 11.3 Å². The molecule has 0 amide bonds. The van der Waals surface area contributed by atoms with E-state index in [1.165, 1.54) is 6.26 Å². The maximum atomic E-state index is 11.9. The fraction of sp³-hybridized carbons (Fsp3) is 0.400. The minimum absolute atomic E-state index is 0.255. The summed E-state index contributed by atoms with van der Waals surface area (Å²) in [5.41, 5.74) is 6.02. The number of hydrogen-bond donors (Lipinski definition) is 0. The molecule has 0 aliphatic carbocycles. The van der Waals surface area contributed by atoms with Gasteiger partial charge >= 0.3 is 0 Å². The molecule has 1 fully saturated rings. The molecule has 0 N–H and O–H groups in total. The molecule has 35 heavy (non-hydrogen) atoms. The third kappa shape index (κ3) is 4.81. The lowest BCUT2D eigenvalue weighted by atomic mass is 9.90. The van der Waals surface area contributed by atoms with Crippen molar-refractivity contribution in [2.45, 2.75) is 39.0 Å². The summed E-state index contributed by atoms with van der Waals surface area (Å²) in [6.07, 6.45) is 9.15. The van der Waals surface area contributed by atoms with E-state index in [1.54, 1.807) is 17.7 Å². The topological polar surface area (TPSA) is 94.6 Å². The van der Waals surface area contributed by atoms with Crippen molar-refractivity contribution in [3.05, 3.63) is 71.2 Å². The highest BCUT2D eigenvalue weighted by atomic mass is 32.2. The van der Waals surface area contributed by atoms with E-state index in [9.17, 15) is 8.42 Å². The molecule has 0 saturated carbocycles. The molecule has 4 aromatic rings. The van der Waals surface area contributed by atoms with Gasteiger partial charge in [0.05, 0.1) is 31.1 Å². The summed E-state index contributed by atoms with van der Waals surface area (Å²) in [5.74, 6) is 1.75. The summed E-state index contributed by atoms with van der Waals surface area (Å²) in [6, 6.07) is 8.27. The molecule has 0 unspecified atom stereocenters. The fourth-order valence-corrected chi connectivity index (χ4v) is 5.72. The standard InChI is InChI=1S/C25H30N6O3S/c1-17-11-21(20-7-9-30(10-8-20)35(4,32)33)25-27-24(28-31(25)14-17)13-19-5-6-22(23(12-19)34-3)29-15-18(2)26-16-29/h5-6,11-12,14-16,20H,7-10,13H2,1-4H3. The lowest BCUT2D eigenvalue weighted by Gasteiger charge is -2.30. The highest BCUT2D eigenvalue weighted by molar-refractivity contribution is 7.88. The highest BCUT2D eigenvalue weighted by Crippen LogP contribution is 2.32. The molecular weight excluding hydrogens is 464 g/mol. The average molecular weight is 495 g/mol. The molecule has 1 aliphatic heterocycles. The number of ether oxygens (including phenoxy) is 1. The fourth-order valence-electron chi connectivity index (χ4n) is 4.85. The number of fused-ring (bicyclic) bond motifs is 1. The van der Waals surface area contributed by atoms with E-state index in [2.05, 4.69) is 24.0 Å². The van der Waals surface area contributed by atoms with Gasteiger partial charge in [-0.1, -0.05) is 12.1 Å². The quantitative estimate of drug-likeness (QED) is 0.408. The van der Waals surface area contributed by atoms with Gasteiger partial charge in [0.15, 0.2) is 11.5 Å². The summed E-state index contributed by atoms with van der Waals surface area (Å²) >= 11 is 0. The summed E-state index contributed by atoms with van der Waals surface area (Å²) < 4.78 is 34.8. The zero-order valence-corrected chi connectivity index (χ0v) is 21.3. The van der Waals surface area contributed by atoms with E-state index in [-0.39, 0.29) is 5.92 Å². The van der Waals surface area contributed by atoms with Gasteiger partial charge in [0, 0.05) is 37.5 Å². The van der Waals surface area contributed by atoms with Crippen LogP contribution in [0, 0.1) is 13.8 Å². The summed E-state index contributed by atoms with van der Waals surface area (Å²) in [6.45, 7) is 5.08. The Labute approximate surface area is 205 Å². The average Bonchev–Trinajstić information content (AvgIpc) is 3.43. The van der Waals surface area contributed by atoms with Crippen LogP contribution in [0.5, 0.6) is 5.75 Å². The maximum absolute atomic E-state index is 11.9. The molecule has 5 rings (SSSR count). The summed E-state index contributed by atoms with van der Waals surface area (Å²) in [5, 5.41) is 4.76. The molecule has 0 atom stereocenters. The van der Waals surface area contributed by atoms with Crippen LogP contribution in [0.4, 0.5) is 0 Å². The van der Waals surface area contributed by atoms with Gasteiger partial charge in [-0.05, 0) is 55.9 Å². The minimum atomic E-state index is -3.15. The van der Waals surface area contributed by atoms with Crippen LogP contribution in [0.3, 0.4) is 0 Å². The molecular formula is C25H30N6O3S. The van der Waals surface area contributed by atoms with Gasteiger partial charge in [-0.25, -0.2) is 27.2 Å². The van der Waals surface area contributed by atoms with Crippen molar-refractivity contribution in [1.29, 1.82) is 0 Å². The highest BCUT2D eigenvalue weighted by Gasteiger charge is 2.28. The molecule has 10 heteroatoms. The molecule has 0 bridgehead atoms. The van der Waals surface area contributed by atoms with Crippen molar-refractivity contribution < 1.29 is 13.2 Å². The smallest absolute Gasteiger partial charge is 0.211 e. The Balaban J connectivity index is 1.42. The number of pyridine rings is 1. The van der Waals surface area contributed by atoms with E-state index in [0.717, 1.165) is 58.1 Å². The molecule has 4 heterocycles. The Morgan fingerprint density at radius 1 is 1.11 bits per heavy atom. The van der Waals surface area contributed by atoms with E-state index in [1.807, 2.05) is 40.5 Å². The van der Waals surface area contributed by atoms with Crippen LogP contribution >= 0.6 is 0 Å². The second-order valence-corrected chi connectivity index (χ2v) is 11.3. The van der Waals surface area contributed by atoms with E-state index < -0.39 is 10.0 Å². The number of methoxy groups -OCH3 is 1. The van der Waals surface area contributed by atoms with Gasteiger partial charge < -0.3 is 9.30 Å². The Hall–Kier alpha value is -3.24. The molecule has 184 valence electrons. The predicted octanol–water partition coefficient (Wildman–Crippen LogP) is 3.27. The Morgan fingerprint density at radius 2 is 1.89 bits per heavy atom. The second-order valence-electron chi connectivity index (χ2n) is 9.31. The van der Waals surface area contributed by atoms with Crippen molar-refractivity contribution >= 4 is 15.7 Å². The van der Waals surface area contributed by atoms with Crippen molar-refractivity contribution in [1.82, 2.24) is 28.5 Å². The predicted molar refractivity (Wildman–Crippen MR) is 134 cm³/mol. The zero-order valence-electron chi connectivity index (χ0n) is 20.5. The van der Waals surface area contributed by atoms with Gasteiger partial charge in [0.25, 0.3) is 0 Å². The number of aromatic nitrogens is 5. The number of nitrogens with zero attached hydrogens (tertiary/aromatic N) is 6. The van der Waals surface area contributed by atoms with Crippen LogP contribution in [-0.2, 0) is 16.4 Å². The normalized spacial score (nSPS) is 15.7. The van der Waals surface area contributed by atoms with Gasteiger partial charge in [-0.2, -0.15) is 5.10 Å². The lowest BCUT2D eigenvalue weighted by Crippen LogP contribution is -2.37. The van der Waals surface area contributed by atoms with Crippen LogP contribution in [-0.4, -0.2) is 63.3 Å². The van der Waals surface area contributed by atoms with Crippen molar-refractivity contribution in [3.63, 3.8) is 0 Å². The first-order valence-electron chi connectivity index (χ1n) is 11.7. The lowest BCUT2D eigenvalue weighted by molar-refractivity contribution is 0.322. The molecule has 1 aromatic carbocycles. The molecule has 3 aromatic heterocycles. The van der Waals surface area contributed by atoms with Crippen LogP contribution in [0.1, 0.15) is 47.0 Å². The molecule has 0 radical (unpaired) electrons. The van der Waals surface area contributed by atoms with Crippen LogP contribution < -0.4 is 4.74 Å². The van der Waals surface area contributed by atoms with Gasteiger partial charge in [0.1, 0.15) is 5.75 Å². The first-order valence-corrected chi connectivity index (χ1v) is 13.5. The number of aryl methyl sites for hydroxylation is 2.